The number of hydrogen-bond acceptors (Lipinski definition) is 7. The predicted octanol–water partition coefficient (Wildman–Crippen LogP) is 1.28. The second-order valence-corrected chi connectivity index (χ2v) is 4.37. The van der Waals surface area contributed by atoms with Crippen LogP contribution in [0.2, 0.25) is 0 Å². The highest BCUT2D eigenvalue weighted by atomic mass is 79.9. The number of carboxylic acids is 1. The van der Waals surface area contributed by atoms with Crippen molar-refractivity contribution in [2.24, 2.45) is 10.8 Å². The number of hydrazone groups is 1. The predicted molar refractivity (Wildman–Crippen MR) is 76.3 cm³/mol. The number of carbonyl (C=O) groups is 1. The molecule has 0 heterocycles. The number of nitrogens with one attached hydrogen (secondary N) is 2. The molecular weight excluding hydrogens is 348 g/mol. The molecule has 0 saturated carbocycles. The number of nitro groups is 1. The van der Waals surface area contributed by atoms with Gasteiger partial charge in [-0.2, -0.15) is 10.4 Å². The van der Waals surface area contributed by atoms with Crippen LogP contribution in [0.5, 0.6) is 0 Å². The monoisotopic (exact) mass is 354 g/mol. The number of anilines is 1. The number of halogens is 1. The minimum atomic E-state index is -1.34. The summed E-state index contributed by atoms with van der Waals surface area (Å²) in [6.07, 6.45) is 0. The van der Waals surface area contributed by atoms with E-state index in [0.29, 0.717) is 0 Å². The molecule has 0 bridgehead atoms. The van der Waals surface area contributed by atoms with E-state index in [1.807, 2.05) is 0 Å². The van der Waals surface area contributed by atoms with Crippen LogP contribution in [0, 0.1) is 26.9 Å². The van der Waals surface area contributed by atoms with Crippen LogP contribution in [0.25, 0.3) is 0 Å². The lowest BCUT2D eigenvalue weighted by Crippen LogP contribution is -2.22. The molecule has 5 N–H and O–H groups in total. The van der Waals surface area contributed by atoms with Gasteiger partial charge in [-0.1, -0.05) is 0 Å². The topological polar surface area (TPSA) is 178 Å². The standard InChI is InChI=1S/C10H7BrN6O4/c11-5-1-4(10(18)19)2-7(17(20)21)8(5)16-15-6(3-12)9(13)14/h1-2,16H,(H3,13,14)(H,18,19)/b15-6+. The van der Waals surface area contributed by atoms with E-state index in [2.05, 4.69) is 26.5 Å². The first kappa shape index (κ1) is 16.1. The molecule has 1 aromatic carbocycles. The molecule has 0 unspecified atom stereocenters. The molecule has 0 amide bonds. The van der Waals surface area contributed by atoms with E-state index in [1.165, 1.54) is 6.07 Å². The first-order valence-corrected chi connectivity index (χ1v) is 5.86. The summed E-state index contributed by atoms with van der Waals surface area (Å²) in [5.74, 6) is -1.96. The summed E-state index contributed by atoms with van der Waals surface area (Å²) in [5, 5.41) is 39.0. The fourth-order valence-electron chi connectivity index (χ4n) is 1.23. The van der Waals surface area contributed by atoms with Crippen LogP contribution in [0.1, 0.15) is 10.4 Å². The van der Waals surface area contributed by atoms with Gasteiger partial charge in [-0.15, -0.1) is 0 Å². The van der Waals surface area contributed by atoms with Gasteiger partial charge in [-0.05, 0) is 22.0 Å². The van der Waals surface area contributed by atoms with Crippen molar-refractivity contribution < 1.29 is 14.8 Å². The Hall–Kier alpha value is -3.00. The molecule has 21 heavy (non-hydrogen) atoms. The Bertz CT molecular complexity index is 708. The van der Waals surface area contributed by atoms with Gasteiger partial charge in [0.05, 0.1) is 15.0 Å². The number of nitro benzene ring substituents is 1. The highest BCUT2D eigenvalue weighted by Crippen LogP contribution is 2.34. The molecule has 0 aliphatic heterocycles. The van der Waals surface area contributed by atoms with Crippen molar-refractivity contribution in [3.63, 3.8) is 0 Å². The maximum absolute atomic E-state index is 11.0. The number of amidine groups is 1. The smallest absolute Gasteiger partial charge is 0.335 e. The maximum atomic E-state index is 11.0. The summed E-state index contributed by atoms with van der Waals surface area (Å²) in [7, 11) is 0. The van der Waals surface area contributed by atoms with Crippen LogP contribution >= 0.6 is 15.9 Å². The molecular formula is C10H7BrN6O4. The molecule has 0 atom stereocenters. The summed E-state index contributed by atoms with van der Waals surface area (Å²) in [6, 6.07) is 3.50. The minimum Gasteiger partial charge on any atom is -0.478 e. The number of aromatic carboxylic acids is 1. The summed E-state index contributed by atoms with van der Waals surface area (Å²) in [6.45, 7) is 0. The van der Waals surface area contributed by atoms with Crippen LogP contribution in [-0.4, -0.2) is 27.5 Å². The zero-order chi connectivity index (χ0) is 16.2. The third-order valence-electron chi connectivity index (χ3n) is 2.15. The zero-order valence-corrected chi connectivity index (χ0v) is 11.7. The van der Waals surface area contributed by atoms with Gasteiger partial charge in [0.1, 0.15) is 11.8 Å². The molecule has 0 aliphatic rings. The van der Waals surface area contributed by atoms with Gasteiger partial charge < -0.3 is 10.8 Å². The summed E-state index contributed by atoms with van der Waals surface area (Å²) < 4.78 is 0.0543. The highest BCUT2D eigenvalue weighted by Gasteiger charge is 2.21. The van der Waals surface area contributed by atoms with E-state index in [0.717, 1.165) is 12.1 Å². The first-order chi connectivity index (χ1) is 9.77. The second kappa shape index (κ2) is 6.44. The van der Waals surface area contributed by atoms with E-state index < -0.39 is 28.1 Å². The number of hydrogen-bond donors (Lipinski definition) is 4. The Morgan fingerprint density at radius 2 is 2.24 bits per heavy atom. The van der Waals surface area contributed by atoms with E-state index in [9.17, 15) is 14.9 Å². The van der Waals surface area contributed by atoms with Crippen molar-refractivity contribution in [2.75, 3.05) is 5.43 Å². The number of nitrogens with zero attached hydrogens (tertiary/aromatic N) is 3. The van der Waals surface area contributed by atoms with Gasteiger partial charge in [0.25, 0.3) is 5.69 Å². The number of rotatable bonds is 5. The van der Waals surface area contributed by atoms with Crippen molar-refractivity contribution in [2.45, 2.75) is 0 Å². The molecule has 0 saturated heterocycles. The number of benzene rings is 1. The van der Waals surface area contributed by atoms with E-state index in [-0.39, 0.29) is 15.7 Å². The van der Waals surface area contributed by atoms with Crippen molar-refractivity contribution in [1.82, 2.24) is 0 Å². The average Bonchev–Trinajstić information content (AvgIpc) is 2.39. The van der Waals surface area contributed by atoms with Crippen molar-refractivity contribution in [3.05, 3.63) is 32.3 Å². The van der Waals surface area contributed by atoms with Crippen LogP contribution in [-0.2, 0) is 0 Å². The molecule has 10 nitrogen and oxygen atoms in total. The SMILES string of the molecule is N#C/C(=N\Nc1c(Br)cc(C(=O)O)cc1[N+](=O)[O-])C(=N)N. The quantitative estimate of drug-likeness (QED) is 0.266. The minimum absolute atomic E-state index is 0.0543. The normalized spacial score (nSPS) is 10.6. The van der Waals surface area contributed by atoms with Gasteiger partial charge in [-0.25, -0.2) is 4.79 Å². The van der Waals surface area contributed by atoms with Gasteiger partial charge in [0, 0.05) is 6.07 Å². The fourth-order valence-corrected chi connectivity index (χ4v) is 1.77. The Balaban J connectivity index is 3.37. The fraction of sp³-hybridized carbons (Fsp3) is 0. The molecule has 0 radical (unpaired) electrons. The van der Waals surface area contributed by atoms with E-state index in [4.69, 9.17) is 21.5 Å². The first-order valence-electron chi connectivity index (χ1n) is 5.07. The van der Waals surface area contributed by atoms with E-state index in [1.54, 1.807) is 0 Å². The Kier molecular flexibility index (Phi) is 4.92. The molecule has 0 aliphatic carbocycles. The van der Waals surface area contributed by atoms with Crippen LogP contribution in [0.3, 0.4) is 0 Å². The molecule has 0 aromatic heterocycles. The number of nitrogens with two attached hydrogens (primary N) is 1. The van der Waals surface area contributed by atoms with Crippen molar-refractivity contribution >= 4 is 44.8 Å². The lowest BCUT2D eigenvalue weighted by Gasteiger charge is -2.06. The van der Waals surface area contributed by atoms with Crippen LogP contribution in [0.4, 0.5) is 11.4 Å². The van der Waals surface area contributed by atoms with Crippen LogP contribution in [0.15, 0.2) is 21.7 Å². The van der Waals surface area contributed by atoms with Gasteiger partial charge in [-0.3, -0.25) is 20.9 Å². The van der Waals surface area contributed by atoms with Gasteiger partial charge in [0.2, 0.25) is 5.71 Å². The molecule has 11 heteroatoms. The second-order valence-electron chi connectivity index (χ2n) is 3.51. The summed E-state index contributed by atoms with van der Waals surface area (Å²) >= 11 is 2.98. The highest BCUT2D eigenvalue weighted by molar-refractivity contribution is 9.10. The molecule has 108 valence electrons. The van der Waals surface area contributed by atoms with Crippen LogP contribution < -0.4 is 11.2 Å². The molecule has 1 rings (SSSR count). The largest absolute Gasteiger partial charge is 0.478 e. The van der Waals surface area contributed by atoms with E-state index >= 15 is 0 Å². The third-order valence-corrected chi connectivity index (χ3v) is 2.78. The maximum Gasteiger partial charge on any atom is 0.335 e. The summed E-state index contributed by atoms with van der Waals surface area (Å²) in [4.78, 5) is 21.0. The Morgan fingerprint density at radius 3 is 2.67 bits per heavy atom. The molecule has 0 spiro atoms. The average molecular weight is 355 g/mol. The Labute approximate surface area is 125 Å². The summed E-state index contributed by atoms with van der Waals surface area (Å²) in [5.41, 5.74) is 5.80. The van der Waals surface area contributed by atoms with Gasteiger partial charge in [0.15, 0.2) is 5.84 Å². The lowest BCUT2D eigenvalue weighted by molar-refractivity contribution is -0.384. The lowest BCUT2D eigenvalue weighted by atomic mass is 10.2. The molecule has 0 fully saturated rings. The number of carboxylic acid groups (broad SMARTS) is 1. The van der Waals surface area contributed by atoms with Crippen molar-refractivity contribution in [1.29, 1.82) is 10.7 Å². The molecule has 1 aromatic rings. The third kappa shape index (κ3) is 3.74. The Morgan fingerprint density at radius 1 is 1.62 bits per heavy atom. The zero-order valence-electron chi connectivity index (χ0n) is 10.1. The number of nitriles is 1. The van der Waals surface area contributed by atoms with Gasteiger partial charge >= 0.3 is 5.97 Å². The van der Waals surface area contributed by atoms with Crippen molar-refractivity contribution in [3.8, 4) is 6.07 Å².